The molecule has 18 heavy (non-hydrogen) atoms. The molecule has 90 valence electrons. The summed E-state index contributed by atoms with van der Waals surface area (Å²) in [5, 5.41) is 23.2. The van der Waals surface area contributed by atoms with Gasteiger partial charge in [-0.3, -0.25) is 0 Å². The zero-order chi connectivity index (χ0) is 12.7. The smallest absolute Gasteiger partial charge is 0.166 e. The van der Waals surface area contributed by atoms with Gasteiger partial charge < -0.3 is 14.9 Å². The predicted octanol–water partition coefficient (Wildman–Crippen LogP) is 3.41. The summed E-state index contributed by atoms with van der Waals surface area (Å²) in [6, 6.07) is 12.6. The molecule has 0 saturated heterocycles. The number of hydrogen-bond donors (Lipinski definition) is 2. The Morgan fingerprint density at radius 1 is 0.889 bits per heavy atom. The fourth-order valence-electron chi connectivity index (χ4n) is 2.26. The highest BCUT2D eigenvalue weighted by atomic mass is 16.5. The number of ether oxygens (including phenoxy) is 1. The molecule has 3 nitrogen and oxygen atoms in total. The second kappa shape index (κ2) is 3.81. The van der Waals surface area contributed by atoms with Crippen LogP contribution >= 0.6 is 0 Å². The van der Waals surface area contributed by atoms with Gasteiger partial charge in [-0.25, -0.2) is 0 Å². The van der Waals surface area contributed by atoms with Gasteiger partial charge in [0.05, 0.1) is 7.11 Å². The molecule has 0 aromatic heterocycles. The number of phenolic OH excluding ortho intramolecular Hbond substituents is 2. The van der Waals surface area contributed by atoms with Crippen molar-refractivity contribution in [2.24, 2.45) is 0 Å². The molecule has 0 radical (unpaired) electrons. The number of benzene rings is 3. The molecule has 0 aliphatic carbocycles. The molecule has 0 atom stereocenters. The van der Waals surface area contributed by atoms with E-state index >= 15 is 0 Å². The van der Waals surface area contributed by atoms with E-state index in [0.717, 1.165) is 16.2 Å². The molecule has 0 spiro atoms. The van der Waals surface area contributed by atoms with Crippen LogP contribution in [-0.2, 0) is 0 Å². The number of phenols is 2. The minimum Gasteiger partial charge on any atom is -0.508 e. The molecule has 0 bridgehead atoms. The third-order valence-electron chi connectivity index (χ3n) is 3.14. The van der Waals surface area contributed by atoms with Gasteiger partial charge in [-0.1, -0.05) is 24.3 Å². The highest BCUT2D eigenvalue weighted by Gasteiger charge is 2.10. The molecule has 0 amide bonds. The van der Waals surface area contributed by atoms with E-state index in [0.29, 0.717) is 11.1 Å². The SMILES string of the molecule is COc1ccc2ccc3ccc(O)cc3c2c1O. The third-order valence-corrected chi connectivity index (χ3v) is 3.14. The summed E-state index contributed by atoms with van der Waals surface area (Å²) in [6.45, 7) is 0. The van der Waals surface area contributed by atoms with Crippen LogP contribution in [0.5, 0.6) is 17.2 Å². The number of hydrogen-bond acceptors (Lipinski definition) is 3. The Kier molecular flexibility index (Phi) is 2.27. The lowest BCUT2D eigenvalue weighted by Crippen LogP contribution is -1.85. The van der Waals surface area contributed by atoms with Crippen molar-refractivity contribution in [2.45, 2.75) is 0 Å². The Balaban J connectivity index is 2.54. The van der Waals surface area contributed by atoms with Crippen molar-refractivity contribution in [3.05, 3.63) is 42.5 Å². The van der Waals surface area contributed by atoms with Gasteiger partial charge in [0.1, 0.15) is 5.75 Å². The zero-order valence-electron chi connectivity index (χ0n) is 9.84. The van der Waals surface area contributed by atoms with Gasteiger partial charge in [0.2, 0.25) is 0 Å². The van der Waals surface area contributed by atoms with Gasteiger partial charge >= 0.3 is 0 Å². The summed E-state index contributed by atoms with van der Waals surface area (Å²) in [6.07, 6.45) is 0. The molecule has 0 heterocycles. The largest absolute Gasteiger partial charge is 0.508 e. The van der Waals surface area contributed by atoms with E-state index in [1.54, 1.807) is 18.2 Å². The summed E-state index contributed by atoms with van der Waals surface area (Å²) in [7, 11) is 1.52. The molecule has 3 rings (SSSR count). The maximum absolute atomic E-state index is 10.2. The van der Waals surface area contributed by atoms with Crippen LogP contribution < -0.4 is 4.74 Å². The number of aromatic hydroxyl groups is 2. The topological polar surface area (TPSA) is 49.7 Å². The highest BCUT2D eigenvalue weighted by Crippen LogP contribution is 2.39. The van der Waals surface area contributed by atoms with Crippen molar-refractivity contribution in [3.63, 3.8) is 0 Å². The second-order valence-corrected chi connectivity index (χ2v) is 4.19. The average molecular weight is 240 g/mol. The van der Waals surface area contributed by atoms with Gasteiger partial charge in [-0.2, -0.15) is 0 Å². The van der Waals surface area contributed by atoms with Crippen LogP contribution in [0.3, 0.4) is 0 Å². The van der Waals surface area contributed by atoms with E-state index in [9.17, 15) is 10.2 Å². The first-order valence-corrected chi connectivity index (χ1v) is 5.62. The highest BCUT2D eigenvalue weighted by molar-refractivity contribution is 6.11. The molecule has 3 heteroatoms. The van der Waals surface area contributed by atoms with Crippen molar-refractivity contribution in [1.82, 2.24) is 0 Å². The Hall–Kier alpha value is -2.42. The molecule has 0 aliphatic heterocycles. The summed E-state index contributed by atoms with van der Waals surface area (Å²) < 4.78 is 5.12. The van der Waals surface area contributed by atoms with Gasteiger partial charge in [0.25, 0.3) is 0 Å². The lowest BCUT2D eigenvalue weighted by molar-refractivity contribution is 0.376. The van der Waals surface area contributed by atoms with Crippen LogP contribution in [0, 0.1) is 0 Å². The van der Waals surface area contributed by atoms with E-state index in [1.807, 2.05) is 24.3 Å². The van der Waals surface area contributed by atoms with Crippen molar-refractivity contribution in [3.8, 4) is 17.2 Å². The Morgan fingerprint density at radius 2 is 1.56 bits per heavy atom. The van der Waals surface area contributed by atoms with Gasteiger partial charge in [0, 0.05) is 5.39 Å². The monoisotopic (exact) mass is 240 g/mol. The fraction of sp³-hybridized carbons (Fsp3) is 0.0667. The molecule has 0 fully saturated rings. The Bertz CT molecular complexity index is 747. The van der Waals surface area contributed by atoms with Gasteiger partial charge in [-0.05, 0) is 34.4 Å². The van der Waals surface area contributed by atoms with Crippen LogP contribution in [0.4, 0.5) is 0 Å². The summed E-state index contributed by atoms with van der Waals surface area (Å²) >= 11 is 0. The lowest BCUT2D eigenvalue weighted by Gasteiger charge is -2.09. The average Bonchev–Trinajstić information content (AvgIpc) is 2.38. The number of rotatable bonds is 1. The van der Waals surface area contributed by atoms with Gasteiger partial charge in [0.15, 0.2) is 11.5 Å². The maximum atomic E-state index is 10.2. The van der Waals surface area contributed by atoms with E-state index in [-0.39, 0.29) is 11.5 Å². The number of fused-ring (bicyclic) bond motifs is 3. The first kappa shape index (κ1) is 10.7. The summed E-state index contributed by atoms with van der Waals surface area (Å²) in [4.78, 5) is 0. The van der Waals surface area contributed by atoms with Crippen molar-refractivity contribution in [1.29, 1.82) is 0 Å². The molecule has 0 unspecified atom stereocenters. The Morgan fingerprint density at radius 3 is 2.33 bits per heavy atom. The first-order chi connectivity index (χ1) is 8.70. The summed E-state index contributed by atoms with van der Waals surface area (Å²) in [5.74, 6) is 0.710. The first-order valence-electron chi connectivity index (χ1n) is 5.62. The minimum absolute atomic E-state index is 0.103. The van der Waals surface area contributed by atoms with Crippen LogP contribution in [-0.4, -0.2) is 17.3 Å². The van der Waals surface area contributed by atoms with Crippen LogP contribution in [0.25, 0.3) is 21.5 Å². The van der Waals surface area contributed by atoms with E-state index in [2.05, 4.69) is 0 Å². The molecular formula is C15H12O3. The van der Waals surface area contributed by atoms with Crippen molar-refractivity contribution >= 4 is 21.5 Å². The van der Waals surface area contributed by atoms with Crippen LogP contribution in [0.1, 0.15) is 0 Å². The molecule has 0 aliphatic rings. The van der Waals surface area contributed by atoms with Crippen LogP contribution in [0.15, 0.2) is 42.5 Å². The second-order valence-electron chi connectivity index (χ2n) is 4.19. The minimum atomic E-state index is 0.103. The fourth-order valence-corrected chi connectivity index (χ4v) is 2.26. The maximum Gasteiger partial charge on any atom is 0.166 e. The lowest BCUT2D eigenvalue weighted by atomic mass is 10.0. The van der Waals surface area contributed by atoms with E-state index in [1.165, 1.54) is 7.11 Å². The molecule has 2 N–H and O–H groups in total. The number of methoxy groups -OCH3 is 1. The third kappa shape index (κ3) is 1.44. The standard InChI is InChI=1S/C15H12O3/c1-18-13-7-5-10-3-2-9-4-6-11(16)8-12(9)14(10)15(13)17/h2-8,16-17H,1H3. The Labute approximate surface area is 104 Å². The van der Waals surface area contributed by atoms with Crippen LogP contribution in [0.2, 0.25) is 0 Å². The quantitative estimate of drug-likeness (QED) is 0.641. The molecular weight excluding hydrogens is 228 g/mol. The summed E-state index contributed by atoms with van der Waals surface area (Å²) in [5.41, 5.74) is 0. The van der Waals surface area contributed by atoms with E-state index < -0.39 is 0 Å². The molecule has 0 saturated carbocycles. The van der Waals surface area contributed by atoms with Crippen molar-refractivity contribution < 1.29 is 14.9 Å². The van der Waals surface area contributed by atoms with E-state index in [4.69, 9.17) is 4.74 Å². The van der Waals surface area contributed by atoms with Gasteiger partial charge in [-0.15, -0.1) is 0 Å². The zero-order valence-corrected chi connectivity index (χ0v) is 9.84. The molecule has 3 aromatic carbocycles. The normalized spacial score (nSPS) is 10.9. The molecule has 3 aromatic rings. The predicted molar refractivity (Wildman–Crippen MR) is 71.3 cm³/mol. The van der Waals surface area contributed by atoms with Crippen molar-refractivity contribution in [2.75, 3.05) is 7.11 Å².